The zero-order chi connectivity index (χ0) is 57.4. The molecular weight excluding hydrogens is 1130 g/mol. The van der Waals surface area contributed by atoms with Gasteiger partial charge in [0.25, 0.3) is 0 Å². The van der Waals surface area contributed by atoms with Gasteiger partial charge in [0.2, 0.25) is 47.3 Å². The lowest BCUT2D eigenvalue weighted by Gasteiger charge is -2.29. The maximum atomic E-state index is 13.8. The highest BCUT2D eigenvalue weighted by atomic mass is 79.9. The number of primary amides is 1. The fourth-order valence-electron chi connectivity index (χ4n) is 9.05. The fraction of sp³-hybridized carbons (Fsp3) is 0.635. The molecule has 2 bridgehead atoms. The van der Waals surface area contributed by atoms with Crippen molar-refractivity contribution in [3.8, 4) is 0 Å². The number of urea groups is 1. The summed E-state index contributed by atoms with van der Waals surface area (Å²) < 4.78 is 22.6. The molecule has 4 saturated heterocycles. The zero-order valence-electron chi connectivity index (χ0n) is 45.3. The Labute approximate surface area is 477 Å². The third kappa shape index (κ3) is 20.3. The van der Waals surface area contributed by atoms with E-state index in [1.807, 2.05) is 11.8 Å². The number of anilines is 4. The van der Waals surface area contributed by atoms with E-state index in [2.05, 4.69) is 73.7 Å². The number of carbonyl (C=O) groups excluding carboxylic acids is 9. The Kier molecular flexibility index (Phi) is 25.3. The van der Waals surface area contributed by atoms with Crippen molar-refractivity contribution < 1.29 is 62.1 Å². The Balaban J connectivity index is 0.800. The highest BCUT2D eigenvalue weighted by molar-refractivity contribution is 9.10. The summed E-state index contributed by atoms with van der Waals surface area (Å²) in [6.07, 6.45) is 6.13. The molecule has 0 saturated carbocycles. The number of esters is 1. The van der Waals surface area contributed by atoms with Gasteiger partial charge in [-0.15, -0.1) is 0 Å². The molecule has 1 aromatic carbocycles. The van der Waals surface area contributed by atoms with Gasteiger partial charge in [0.05, 0.1) is 55.9 Å². The number of hydrogen-bond acceptors (Lipinski definition) is 18. The van der Waals surface area contributed by atoms with Crippen molar-refractivity contribution >= 4 is 104 Å². The molecule has 28 heteroatoms. The van der Waals surface area contributed by atoms with E-state index in [1.165, 1.54) is 18.7 Å². The van der Waals surface area contributed by atoms with Crippen LogP contribution >= 0.6 is 27.7 Å². The highest BCUT2D eigenvalue weighted by Gasteiger charge is 2.50. The predicted molar refractivity (Wildman–Crippen MR) is 299 cm³/mol. The van der Waals surface area contributed by atoms with Crippen molar-refractivity contribution in [2.45, 2.75) is 126 Å². The summed E-state index contributed by atoms with van der Waals surface area (Å²) in [6, 6.07) is 4.90. The molecule has 4 aliphatic rings. The summed E-state index contributed by atoms with van der Waals surface area (Å²) in [4.78, 5) is 123. The molecule has 9 amide bonds. The minimum atomic E-state index is -1.33. The van der Waals surface area contributed by atoms with Crippen LogP contribution < -0.4 is 53.6 Å². The van der Waals surface area contributed by atoms with E-state index in [0.717, 1.165) is 25.0 Å². The van der Waals surface area contributed by atoms with E-state index >= 15 is 0 Å². The summed E-state index contributed by atoms with van der Waals surface area (Å²) >= 11 is 5.31. The van der Waals surface area contributed by atoms with Gasteiger partial charge in [0.15, 0.2) is 0 Å². The monoisotopic (exact) mass is 1200 g/mol. The first-order chi connectivity index (χ1) is 38.5. The van der Waals surface area contributed by atoms with Crippen molar-refractivity contribution in [2.24, 2.45) is 11.1 Å². The average molecular weight is 1200 g/mol. The number of aromatic nitrogens is 2. The molecule has 0 spiro atoms. The molecule has 6 rings (SSSR count). The van der Waals surface area contributed by atoms with Crippen molar-refractivity contribution in [1.82, 2.24) is 46.8 Å². The van der Waals surface area contributed by atoms with Gasteiger partial charge < -0.3 is 77.4 Å². The lowest BCUT2D eigenvalue weighted by atomic mass is 9.91. The van der Waals surface area contributed by atoms with E-state index < -0.39 is 65.5 Å². The third-order valence-corrected chi connectivity index (χ3v) is 15.7. The number of carbonyl (C=O) groups is 9. The van der Waals surface area contributed by atoms with E-state index in [0.29, 0.717) is 125 Å². The van der Waals surface area contributed by atoms with Crippen LogP contribution in [0.2, 0.25) is 0 Å². The molecule has 5 heterocycles. The molecular formula is C52H76BrN13O13S. The largest absolute Gasteiger partial charge is 0.459 e. The number of amides is 9. The van der Waals surface area contributed by atoms with Crippen LogP contribution in [-0.4, -0.2) is 182 Å². The van der Waals surface area contributed by atoms with Crippen LogP contribution in [0.3, 0.4) is 0 Å². The van der Waals surface area contributed by atoms with Crippen molar-refractivity contribution in [2.75, 3.05) is 94.1 Å². The van der Waals surface area contributed by atoms with Crippen molar-refractivity contribution in [3.05, 3.63) is 34.9 Å². The SMILES string of the molecule is CC(C)(C(N)=O)C(=O)NCCCNc1nc(Nc2cccc(NC(=O)CC(NC(=O)CCCC(=O)NCCCOCCOCCOCCCNC(=O)CCCC[C@@H]3SC[C@@H]4NC(=O)N[C@@H]43)C(=O)N3C[C@H]4C[C@@H]3C(=O)O4)c2)ncc1Br. The van der Waals surface area contributed by atoms with Gasteiger partial charge >= 0.3 is 12.0 Å². The Morgan fingerprint density at radius 3 is 2.17 bits per heavy atom. The zero-order valence-corrected chi connectivity index (χ0v) is 47.7. The van der Waals surface area contributed by atoms with Gasteiger partial charge in [-0.2, -0.15) is 16.7 Å². The van der Waals surface area contributed by atoms with Gasteiger partial charge in [-0.3, -0.25) is 33.6 Å². The molecule has 0 radical (unpaired) electrons. The van der Waals surface area contributed by atoms with Crippen LogP contribution in [0.1, 0.15) is 90.9 Å². The second kappa shape index (κ2) is 32.2. The second-order valence-corrected chi connectivity index (χ2v) is 22.4. The standard InChI is InChI=1S/C52H76BrN13O13S/c1-52(2,48(54)73)49(74)58-17-7-16-57-45-35(53)29-59-50(65-45)61-33-11-5-10-32(26-33)60-43(70)28-36(46(71)66-30-34-27-38(66)47(72)79-34)62-42(69)15-6-14-41(68)56-19-9-21-77-23-25-78-24-22-76-20-8-18-55-40(67)13-4-3-12-39-44-37(31-80-39)63-51(75)64-44/h5,10-11,26,29,34,36-39,44H,3-4,6-9,12-25,27-28,30-31H2,1-2H3,(H2,54,73)(H,55,67)(H,56,68)(H,58,74)(H,60,70)(H,62,69)(H2,63,64,75)(H2,57,59,61,65)/t34-,36?,37+,38-,39+,44+/m1/s1. The number of rotatable bonds is 37. The lowest BCUT2D eigenvalue weighted by molar-refractivity contribution is -0.158. The number of nitrogens with one attached hydrogen (secondary N) is 9. The molecule has 26 nitrogen and oxygen atoms in total. The molecule has 2 aromatic rings. The van der Waals surface area contributed by atoms with Crippen LogP contribution in [0.5, 0.6) is 0 Å². The summed E-state index contributed by atoms with van der Waals surface area (Å²) in [5.74, 6) is -2.03. The van der Waals surface area contributed by atoms with Crippen LogP contribution in [0, 0.1) is 5.41 Å². The summed E-state index contributed by atoms with van der Waals surface area (Å²) in [5.41, 5.74) is 4.87. The number of thioether (sulfide) groups is 1. The molecule has 1 aromatic heterocycles. The van der Waals surface area contributed by atoms with Crippen LogP contribution in [0.4, 0.5) is 27.9 Å². The smallest absolute Gasteiger partial charge is 0.329 e. The Hall–Kier alpha value is -6.36. The third-order valence-electron chi connectivity index (χ3n) is 13.6. The maximum Gasteiger partial charge on any atom is 0.329 e. The van der Waals surface area contributed by atoms with Crippen molar-refractivity contribution in [1.29, 1.82) is 0 Å². The van der Waals surface area contributed by atoms with E-state index in [9.17, 15) is 43.2 Å². The number of ether oxygens (including phenoxy) is 4. The molecule has 11 N–H and O–H groups in total. The predicted octanol–water partition coefficient (Wildman–Crippen LogP) is 1.71. The number of hydrogen-bond donors (Lipinski definition) is 10. The number of nitrogens with zero attached hydrogens (tertiary/aromatic N) is 3. The van der Waals surface area contributed by atoms with Gasteiger partial charge in [0, 0.05) is 93.7 Å². The van der Waals surface area contributed by atoms with E-state index in [-0.39, 0.29) is 61.7 Å². The molecule has 1 unspecified atom stereocenters. The maximum absolute atomic E-state index is 13.8. The molecule has 6 atom stereocenters. The number of likely N-dealkylation sites (tertiary alicyclic amines) is 1. The topological polar surface area (TPSA) is 354 Å². The first-order valence-electron chi connectivity index (χ1n) is 27.2. The summed E-state index contributed by atoms with van der Waals surface area (Å²) in [7, 11) is 0. The first-order valence-corrected chi connectivity index (χ1v) is 29.1. The normalized spacial score (nSPS) is 19.2. The molecule has 80 heavy (non-hydrogen) atoms. The van der Waals surface area contributed by atoms with Gasteiger partial charge in [-0.25, -0.2) is 14.6 Å². The quantitative estimate of drug-likeness (QED) is 0.0199. The number of nitrogens with two attached hydrogens (primary N) is 1. The first kappa shape index (κ1) is 62.8. The van der Waals surface area contributed by atoms with Crippen LogP contribution in [-0.2, 0) is 57.3 Å². The van der Waals surface area contributed by atoms with Gasteiger partial charge in [-0.05, 0) is 86.5 Å². The lowest BCUT2D eigenvalue weighted by Crippen LogP contribution is -2.54. The Morgan fingerprint density at radius 2 is 1.49 bits per heavy atom. The van der Waals surface area contributed by atoms with E-state index in [1.54, 1.807) is 30.5 Å². The minimum absolute atomic E-state index is 0.0359. The summed E-state index contributed by atoms with van der Waals surface area (Å²) in [6.45, 7) is 7.20. The number of unbranched alkanes of at least 4 members (excludes halogenated alkanes) is 1. The van der Waals surface area contributed by atoms with E-state index in [4.69, 9.17) is 24.7 Å². The van der Waals surface area contributed by atoms with Gasteiger partial charge in [-0.1, -0.05) is 12.5 Å². The number of fused-ring (bicyclic) bond motifs is 3. The highest BCUT2D eigenvalue weighted by Crippen LogP contribution is 2.33. The molecule has 440 valence electrons. The number of benzene rings is 1. The van der Waals surface area contributed by atoms with Crippen molar-refractivity contribution in [3.63, 3.8) is 0 Å². The molecule has 4 aliphatic heterocycles. The van der Waals surface area contributed by atoms with Crippen LogP contribution in [0.25, 0.3) is 0 Å². The Morgan fingerprint density at radius 1 is 0.825 bits per heavy atom. The molecule has 0 aliphatic carbocycles. The fourth-order valence-corrected chi connectivity index (χ4v) is 10.9. The second-order valence-electron chi connectivity index (χ2n) is 20.3. The Bertz CT molecular complexity index is 2480. The average Bonchev–Trinajstić information content (AvgIpc) is 4.26. The number of halogens is 1. The van der Waals surface area contributed by atoms with Gasteiger partial charge in [0.1, 0.15) is 29.4 Å². The minimum Gasteiger partial charge on any atom is -0.459 e. The van der Waals surface area contributed by atoms with Crippen LogP contribution in [0.15, 0.2) is 34.9 Å². The summed E-state index contributed by atoms with van der Waals surface area (Å²) in [5, 5.41) is 26.5. The number of morpholine rings is 1. The molecule has 4 fully saturated rings.